The van der Waals surface area contributed by atoms with Gasteiger partial charge in [0, 0.05) is 11.1 Å². The van der Waals surface area contributed by atoms with Gasteiger partial charge in [0.25, 0.3) is 0 Å². The number of esters is 1. The van der Waals surface area contributed by atoms with Gasteiger partial charge in [0.2, 0.25) is 6.10 Å². The number of rotatable bonds is 5. The Labute approximate surface area is 162 Å². The van der Waals surface area contributed by atoms with Crippen LogP contribution >= 0.6 is 0 Å². The fourth-order valence-corrected chi connectivity index (χ4v) is 3.82. The molecule has 0 amide bonds. The van der Waals surface area contributed by atoms with E-state index in [-0.39, 0.29) is 12.2 Å². The lowest BCUT2D eigenvalue weighted by atomic mass is 10.0. The van der Waals surface area contributed by atoms with Gasteiger partial charge in [0.05, 0.1) is 12.0 Å². The van der Waals surface area contributed by atoms with Crippen LogP contribution in [0.2, 0.25) is 0 Å². The van der Waals surface area contributed by atoms with Crippen LogP contribution in [0.25, 0.3) is 11.0 Å². The Kier molecular flexibility index (Phi) is 4.90. The minimum Gasteiger partial charge on any atom is -0.473 e. The van der Waals surface area contributed by atoms with Crippen molar-refractivity contribution in [3.05, 3.63) is 75.1 Å². The second-order valence-electron chi connectivity index (χ2n) is 7.00. The monoisotopic (exact) mass is 378 g/mol. The van der Waals surface area contributed by atoms with Gasteiger partial charge >= 0.3 is 11.6 Å². The third kappa shape index (κ3) is 3.28. The Morgan fingerprint density at radius 3 is 2.64 bits per heavy atom. The quantitative estimate of drug-likeness (QED) is 0.490. The Morgan fingerprint density at radius 1 is 1.14 bits per heavy atom. The van der Waals surface area contributed by atoms with E-state index >= 15 is 0 Å². The van der Waals surface area contributed by atoms with Crippen molar-refractivity contribution in [1.29, 1.82) is 0 Å². The molecule has 0 N–H and O–H groups in total. The molecule has 5 nitrogen and oxygen atoms in total. The molecule has 2 aromatic carbocycles. The average molecular weight is 378 g/mol. The van der Waals surface area contributed by atoms with Crippen molar-refractivity contribution in [3.63, 3.8) is 0 Å². The zero-order valence-electron chi connectivity index (χ0n) is 16.0. The maximum absolute atomic E-state index is 12.6. The molecule has 0 fully saturated rings. The van der Waals surface area contributed by atoms with E-state index in [2.05, 4.69) is 0 Å². The third-order valence-corrected chi connectivity index (χ3v) is 5.03. The Balaban J connectivity index is 1.86. The van der Waals surface area contributed by atoms with Gasteiger partial charge in [0.1, 0.15) is 11.3 Å². The van der Waals surface area contributed by atoms with E-state index in [1.165, 1.54) is 0 Å². The molecule has 144 valence electrons. The lowest BCUT2D eigenvalue weighted by Gasteiger charge is -2.20. The third-order valence-electron chi connectivity index (χ3n) is 5.03. The molecule has 1 aliphatic rings. The molecule has 4 rings (SSSR count). The van der Waals surface area contributed by atoms with Crippen LogP contribution in [0, 0.1) is 6.92 Å². The molecule has 0 saturated carbocycles. The van der Waals surface area contributed by atoms with Gasteiger partial charge in [-0.2, -0.15) is 0 Å². The van der Waals surface area contributed by atoms with E-state index in [0.717, 1.165) is 29.4 Å². The average Bonchev–Trinajstić information content (AvgIpc) is 3.17. The number of ether oxygens (including phenoxy) is 2. The summed E-state index contributed by atoms with van der Waals surface area (Å²) in [7, 11) is 0. The molecule has 0 saturated heterocycles. The number of benzene rings is 2. The molecule has 0 aliphatic heterocycles. The van der Waals surface area contributed by atoms with Crippen LogP contribution < -0.4 is 10.4 Å². The van der Waals surface area contributed by atoms with Gasteiger partial charge < -0.3 is 13.9 Å². The number of fused-ring (bicyclic) bond motifs is 3. The fourth-order valence-electron chi connectivity index (χ4n) is 3.82. The van der Waals surface area contributed by atoms with E-state index < -0.39 is 12.1 Å². The van der Waals surface area contributed by atoms with Crippen LogP contribution in [0.4, 0.5) is 0 Å². The predicted octanol–water partition coefficient (Wildman–Crippen LogP) is 4.27. The largest absolute Gasteiger partial charge is 0.473 e. The number of hydrogen-bond acceptors (Lipinski definition) is 5. The molecule has 28 heavy (non-hydrogen) atoms. The van der Waals surface area contributed by atoms with Gasteiger partial charge in [-0.25, -0.2) is 9.59 Å². The molecule has 1 aromatic heterocycles. The summed E-state index contributed by atoms with van der Waals surface area (Å²) >= 11 is 0. The van der Waals surface area contributed by atoms with Crippen LogP contribution in [-0.2, 0) is 22.4 Å². The van der Waals surface area contributed by atoms with E-state index in [9.17, 15) is 9.59 Å². The van der Waals surface area contributed by atoms with E-state index in [4.69, 9.17) is 13.9 Å². The molecule has 1 atom stereocenters. The highest BCUT2D eigenvalue weighted by molar-refractivity contribution is 5.89. The Bertz CT molecular complexity index is 1080. The maximum atomic E-state index is 12.6. The summed E-state index contributed by atoms with van der Waals surface area (Å²) in [6.45, 7) is 3.94. The first-order valence-electron chi connectivity index (χ1n) is 9.56. The minimum atomic E-state index is -0.893. The standard InChI is InChI=1S/C23H22O5/c1-3-26-23(25)21(15-8-5-4-6-9-15)27-18-12-14(2)13-19-20(18)16-10-7-11-17(16)22(24)28-19/h4-6,8-9,12-13,21H,3,7,10-11H2,1-2H3/t21-/m1/s1. The normalized spacial score (nSPS) is 13.9. The molecular weight excluding hydrogens is 356 g/mol. The molecule has 0 unspecified atom stereocenters. The molecule has 0 spiro atoms. The van der Waals surface area contributed by atoms with Gasteiger partial charge in [-0.05, 0) is 56.4 Å². The summed E-state index contributed by atoms with van der Waals surface area (Å²) in [5.74, 6) is 0.0937. The molecule has 5 heteroatoms. The van der Waals surface area contributed by atoms with Crippen LogP contribution in [0.15, 0.2) is 51.7 Å². The number of carbonyl (C=O) groups excluding carboxylic acids is 1. The summed E-state index contributed by atoms with van der Waals surface area (Å²) in [5.41, 5.74) is 3.51. The zero-order valence-corrected chi connectivity index (χ0v) is 16.0. The smallest absolute Gasteiger partial charge is 0.352 e. The molecule has 0 radical (unpaired) electrons. The summed E-state index contributed by atoms with van der Waals surface area (Å²) in [6.07, 6.45) is 1.52. The second kappa shape index (κ2) is 7.50. The first-order chi connectivity index (χ1) is 13.6. The number of carbonyl (C=O) groups is 1. The van der Waals surface area contributed by atoms with Crippen LogP contribution in [0.1, 0.15) is 41.7 Å². The van der Waals surface area contributed by atoms with Gasteiger partial charge in [-0.3, -0.25) is 0 Å². The van der Waals surface area contributed by atoms with E-state index in [1.807, 2.05) is 49.4 Å². The van der Waals surface area contributed by atoms with Crippen LogP contribution in [0.5, 0.6) is 5.75 Å². The lowest BCUT2D eigenvalue weighted by molar-refractivity contribution is -0.151. The lowest BCUT2D eigenvalue weighted by Crippen LogP contribution is -2.22. The fraction of sp³-hybridized carbons (Fsp3) is 0.304. The molecule has 3 aromatic rings. The van der Waals surface area contributed by atoms with Crippen molar-refractivity contribution in [2.45, 2.75) is 39.2 Å². The summed E-state index contributed by atoms with van der Waals surface area (Å²) in [4.78, 5) is 24.9. The number of aryl methyl sites for hydroxylation is 2. The predicted molar refractivity (Wildman–Crippen MR) is 106 cm³/mol. The second-order valence-corrected chi connectivity index (χ2v) is 7.00. The topological polar surface area (TPSA) is 65.7 Å². The van der Waals surface area contributed by atoms with Crippen molar-refractivity contribution in [2.24, 2.45) is 0 Å². The Hall–Kier alpha value is -3.08. The summed E-state index contributed by atoms with van der Waals surface area (Å²) in [5, 5.41) is 0.780. The van der Waals surface area contributed by atoms with E-state index in [1.54, 1.807) is 6.92 Å². The molecular formula is C23H22O5. The number of hydrogen-bond donors (Lipinski definition) is 0. The van der Waals surface area contributed by atoms with Gasteiger partial charge in [-0.1, -0.05) is 30.3 Å². The SMILES string of the molecule is CCOC(=O)[C@H](Oc1cc(C)cc2oc(=O)c3c(c12)CCC3)c1ccccc1. The molecule has 1 heterocycles. The van der Waals surface area contributed by atoms with Crippen molar-refractivity contribution in [1.82, 2.24) is 0 Å². The van der Waals surface area contributed by atoms with Crippen LogP contribution in [-0.4, -0.2) is 12.6 Å². The highest BCUT2D eigenvalue weighted by Gasteiger charge is 2.28. The molecule has 0 bridgehead atoms. The van der Waals surface area contributed by atoms with Crippen molar-refractivity contribution >= 4 is 16.9 Å². The summed E-state index contributed by atoms with van der Waals surface area (Å²) < 4.78 is 17.1. The molecule has 1 aliphatic carbocycles. The van der Waals surface area contributed by atoms with Gasteiger partial charge in [-0.15, -0.1) is 0 Å². The highest BCUT2D eigenvalue weighted by Crippen LogP contribution is 2.37. The maximum Gasteiger partial charge on any atom is 0.352 e. The zero-order chi connectivity index (χ0) is 19.7. The van der Waals surface area contributed by atoms with Crippen molar-refractivity contribution < 1.29 is 18.7 Å². The highest BCUT2D eigenvalue weighted by atomic mass is 16.6. The van der Waals surface area contributed by atoms with Gasteiger partial charge in [0.15, 0.2) is 0 Å². The first-order valence-corrected chi connectivity index (χ1v) is 9.56. The van der Waals surface area contributed by atoms with E-state index in [0.29, 0.717) is 28.9 Å². The first kappa shape index (κ1) is 18.3. The van der Waals surface area contributed by atoms with Crippen LogP contribution in [0.3, 0.4) is 0 Å². The summed E-state index contributed by atoms with van der Waals surface area (Å²) in [6, 6.07) is 13.0. The minimum absolute atomic E-state index is 0.268. The van der Waals surface area contributed by atoms with Crippen molar-refractivity contribution in [2.75, 3.05) is 6.61 Å². The Morgan fingerprint density at radius 2 is 1.89 bits per heavy atom. The van der Waals surface area contributed by atoms with Crippen molar-refractivity contribution in [3.8, 4) is 5.75 Å².